The highest BCUT2D eigenvalue weighted by atomic mass is 17.2. The Morgan fingerprint density at radius 3 is 2.39 bits per heavy atom. The van der Waals surface area contributed by atoms with E-state index in [0.29, 0.717) is 12.0 Å². The fourth-order valence-electron chi connectivity index (χ4n) is 1.12. The van der Waals surface area contributed by atoms with Crippen LogP contribution in [0, 0.1) is 0 Å². The van der Waals surface area contributed by atoms with Crippen molar-refractivity contribution in [3.05, 3.63) is 24.3 Å². The fourth-order valence-corrected chi connectivity index (χ4v) is 1.12. The summed E-state index contributed by atoms with van der Waals surface area (Å²) < 4.78 is 5.12. The van der Waals surface area contributed by atoms with Crippen molar-refractivity contribution in [1.82, 2.24) is 0 Å². The summed E-state index contributed by atoms with van der Waals surface area (Å²) in [7, 11) is 0. The summed E-state index contributed by atoms with van der Waals surface area (Å²) in [6.45, 7) is 13.0. The molecule has 4 nitrogen and oxygen atoms in total. The highest BCUT2D eigenvalue weighted by Crippen LogP contribution is 2.11. The lowest BCUT2D eigenvalue weighted by atomic mass is 10.2. The largest absolute Gasteiger partial charge is 0.430 e. The second-order valence-electron chi connectivity index (χ2n) is 4.43. The lowest BCUT2D eigenvalue weighted by molar-refractivity contribution is -0.366. The molecule has 0 aliphatic rings. The highest BCUT2D eigenvalue weighted by Gasteiger charge is 2.16. The van der Waals surface area contributed by atoms with E-state index in [4.69, 9.17) is 14.5 Å². The number of carbonyl (C=O) groups excluding carboxylic acids is 1. The van der Waals surface area contributed by atoms with Crippen molar-refractivity contribution in [1.29, 1.82) is 0 Å². The van der Waals surface area contributed by atoms with E-state index in [1.807, 2.05) is 6.92 Å². The smallest absolute Gasteiger partial charge is 0.335 e. The first-order valence-electron chi connectivity index (χ1n) is 6.26. The number of rotatable bonds is 10. The van der Waals surface area contributed by atoms with Crippen molar-refractivity contribution in [2.75, 3.05) is 6.61 Å². The standard InChI is InChI=1S/C14H24O4/c1-6-7-8-9-13(17-14(15)12(4)5)18-16-10-11(2)3/h13H,2,4,6-10H2,1,3,5H3. The van der Waals surface area contributed by atoms with Crippen LogP contribution in [0.2, 0.25) is 0 Å². The van der Waals surface area contributed by atoms with Crippen molar-refractivity contribution in [2.45, 2.75) is 52.7 Å². The minimum atomic E-state index is -0.680. The first kappa shape index (κ1) is 16.9. The molecule has 104 valence electrons. The second-order valence-corrected chi connectivity index (χ2v) is 4.43. The number of hydrogen-bond acceptors (Lipinski definition) is 4. The zero-order valence-corrected chi connectivity index (χ0v) is 11.7. The van der Waals surface area contributed by atoms with Crippen LogP contribution in [0.25, 0.3) is 0 Å². The van der Waals surface area contributed by atoms with E-state index in [9.17, 15) is 4.79 Å². The van der Waals surface area contributed by atoms with Gasteiger partial charge < -0.3 is 4.74 Å². The third kappa shape index (κ3) is 8.96. The van der Waals surface area contributed by atoms with Crippen molar-refractivity contribution in [3.8, 4) is 0 Å². The number of hydrogen-bond donors (Lipinski definition) is 0. The lowest BCUT2D eigenvalue weighted by Crippen LogP contribution is -2.22. The third-order valence-corrected chi connectivity index (χ3v) is 2.11. The number of carbonyl (C=O) groups is 1. The SMILES string of the molecule is C=C(C)COOC(CCCCC)OC(=O)C(=C)C. The van der Waals surface area contributed by atoms with Crippen LogP contribution in [0.3, 0.4) is 0 Å². The Bertz CT molecular complexity index is 284. The van der Waals surface area contributed by atoms with Crippen LogP contribution in [0.4, 0.5) is 0 Å². The minimum absolute atomic E-state index is 0.287. The molecule has 0 rings (SSSR count). The normalized spacial score (nSPS) is 11.9. The molecule has 0 saturated carbocycles. The first-order chi connectivity index (χ1) is 8.47. The molecule has 0 aromatic rings. The van der Waals surface area contributed by atoms with Crippen LogP contribution in [0.1, 0.15) is 46.5 Å². The van der Waals surface area contributed by atoms with Gasteiger partial charge in [0.25, 0.3) is 0 Å². The molecule has 0 spiro atoms. The Hall–Kier alpha value is -1.13. The Labute approximate surface area is 110 Å². The number of esters is 1. The van der Waals surface area contributed by atoms with Gasteiger partial charge in [-0.25, -0.2) is 9.68 Å². The van der Waals surface area contributed by atoms with Gasteiger partial charge >= 0.3 is 5.97 Å². The maximum absolute atomic E-state index is 11.4. The molecule has 1 unspecified atom stereocenters. The van der Waals surface area contributed by atoms with Gasteiger partial charge in [-0.2, -0.15) is 4.89 Å². The summed E-state index contributed by atoms with van der Waals surface area (Å²) >= 11 is 0. The molecule has 0 aliphatic heterocycles. The highest BCUT2D eigenvalue weighted by molar-refractivity contribution is 5.86. The maximum atomic E-state index is 11.4. The molecular formula is C14H24O4. The second kappa shape index (κ2) is 9.85. The van der Waals surface area contributed by atoms with E-state index in [1.54, 1.807) is 6.92 Å². The molecule has 0 radical (unpaired) electrons. The van der Waals surface area contributed by atoms with Gasteiger partial charge in [-0.05, 0) is 20.3 Å². The molecule has 0 aromatic carbocycles. The molecule has 0 bridgehead atoms. The topological polar surface area (TPSA) is 44.8 Å². The fraction of sp³-hybridized carbons (Fsp3) is 0.643. The molecule has 0 heterocycles. The van der Waals surface area contributed by atoms with Crippen molar-refractivity contribution in [3.63, 3.8) is 0 Å². The van der Waals surface area contributed by atoms with E-state index in [2.05, 4.69) is 20.1 Å². The monoisotopic (exact) mass is 256 g/mol. The zero-order chi connectivity index (χ0) is 14.0. The van der Waals surface area contributed by atoms with Gasteiger partial charge in [-0.1, -0.05) is 38.5 Å². The molecular weight excluding hydrogens is 232 g/mol. The van der Waals surface area contributed by atoms with Crippen molar-refractivity contribution < 1.29 is 19.3 Å². The Morgan fingerprint density at radius 1 is 1.22 bits per heavy atom. The summed E-state index contributed by atoms with van der Waals surface area (Å²) in [4.78, 5) is 21.4. The van der Waals surface area contributed by atoms with Crippen molar-refractivity contribution >= 4 is 5.97 Å². The van der Waals surface area contributed by atoms with Crippen LogP contribution in [-0.2, 0) is 19.3 Å². The van der Waals surface area contributed by atoms with Crippen LogP contribution in [-0.4, -0.2) is 18.9 Å². The van der Waals surface area contributed by atoms with E-state index in [-0.39, 0.29) is 6.61 Å². The van der Waals surface area contributed by atoms with Gasteiger partial charge in [0.05, 0.1) is 0 Å². The Balaban J connectivity index is 4.10. The summed E-state index contributed by atoms with van der Waals surface area (Å²) in [6.07, 6.45) is 3.00. The molecule has 4 heteroatoms. The molecule has 0 aromatic heterocycles. The summed E-state index contributed by atoms with van der Waals surface area (Å²) in [5.74, 6) is -0.463. The zero-order valence-electron chi connectivity index (χ0n) is 11.7. The molecule has 0 aliphatic carbocycles. The van der Waals surface area contributed by atoms with Gasteiger partial charge in [0.2, 0.25) is 6.29 Å². The Morgan fingerprint density at radius 2 is 1.89 bits per heavy atom. The molecule has 1 atom stereocenters. The number of unbranched alkanes of at least 4 members (excludes halogenated alkanes) is 2. The van der Waals surface area contributed by atoms with E-state index < -0.39 is 12.3 Å². The van der Waals surface area contributed by atoms with Gasteiger partial charge in [0.15, 0.2) is 0 Å². The van der Waals surface area contributed by atoms with Crippen LogP contribution in [0.15, 0.2) is 24.3 Å². The molecule has 0 amide bonds. The molecule has 0 fully saturated rings. The molecule has 0 N–H and O–H groups in total. The first-order valence-corrected chi connectivity index (χ1v) is 6.26. The maximum Gasteiger partial charge on any atom is 0.335 e. The van der Waals surface area contributed by atoms with Crippen LogP contribution >= 0.6 is 0 Å². The van der Waals surface area contributed by atoms with Crippen molar-refractivity contribution in [2.24, 2.45) is 0 Å². The lowest BCUT2D eigenvalue weighted by Gasteiger charge is -2.17. The van der Waals surface area contributed by atoms with E-state index in [0.717, 1.165) is 24.8 Å². The van der Waals surface area contributed by atoms with Gasteiger partial charge in [-0.15, -0.1) is 0 Å². The quantitative estimate of drug-likeness (QED) is 0.114. The average Bonchev–Trinajstić information content (AvgIpc) is 2.28. The van der Waals surface area contributed by atoms with Crippen LogP contribution < -0.4 is 0 Å². The van der Waals surface area contributed by atoms with Gasteiger partial charge in [0.1, 0.15) is 6.61 Å². The predicted molar refractivity (Wildman–Crippen MR) is 70.7 cm³/mol. The van der Waals surface area contributed by atoms with Gasteiger partial charge in [0, 0.05) is 12.0 Å². The minimum Gasteiger partial charge on any atom is -0.430 e. The van der Waals surface area contributed by atoms with E-state index in [1.165, 1.54) is 0 Å². The summed E-state index contributed by atoms with van der Waals surface area (Å²) in [6, 6.07) is 0. The molecule has 0 saturated heterocycles. The Kier molecular flexibility index (Phi) is 9.24. The molecule has 18 heavy (non-hydrogen) atoms. The van der Waals surface area contributed by atoms with E-state index >= 15 is 0 Å². The summed E-state index contributed by atoms with van der Waals surface area (Å²) in [5, 5.41) is 0. The number of ether oxygens (including phenoxy) is 1. The average molecular weight is 256 g/mol. The van der Waals surface area contributed by atoms with Gasteiger partial charge in [-0.3, -0.25) is 0 Å². The van der Waals surface area contributed by atoms with Crippen LogP contribution in [0.5, 0.6) is 0 Å². The summed E-state index contributed by atoms with van der Waals surface area (Å²) in [5.41, 5.74) is 1.19. The third-order valence-electron chi connectivity index (χ3n) is 2.11. The predicted octanol–water partition coefficient (Wildman–Crippen LogP) is 3.54.